The summed E-state index contributed by atoms with van der Waals surface area (Å²) in [4.78, 5) is 23.9. The largest absolute Gasteiger partial charge is 0.326 e. The van der Waals surface area contributed by atoms with Crippen LogP contribution in [0, 0.1) is 5.82 Å². The molecule has 6 heteroatoms. The molecule has 25 heavy (non-hydrogen) atoms. The van der Waals surface area contributed by atoms with Gasteiger partial charge >= 0.3 is 0 Å². The number of aryl methyl sites for hydroxylation is 1. The van der Waals surface area contributed by atoms with Crippen LogP contribution in [0.5, 0.6) is 0 Å². The fourth-order valence-corrected chi connectivity index (χ4v) is 3.35. The molecule has 2 aromatic carbocycles. The molecule has 2 aliphatic rings. The van der Waals surface area contributed by atoms with Crippen molar-refractivity contribution in [3.8, 4) is 0 Å². The first-order valence-electron chi connectivity index (χ1n) is 8.37. The molecule has 0 saturated heterocycles. The van der Waals surface area contributed by atoms with E-state index in [4.69, 9.17) is 0 Å². The minimum atomic E-state index is -0.354. The summed E-state index contributed by atoms with van der Waals surface area (Å²) < 4.78 is 14.7. The van der Waals surface area contributed by atoms with Crippen molar-refractivity contribution in [2.45, 2.75) is 25.8 Å². The smallest absolute Gasteiger partial charge is 0.255 e. The second-order valence-corrected chi connectivity index (χ2v) is 6.37. The van der Waals surface area contributed by atoms with Crippen molar-refractivity contribution in [1.29, 1.82) is 0 Å². The number of rotatable bonds is 2. The first-order chi connectivity index (χ1) is 12.1. The molecule has 2 amide bonds. The Bertz CT molecular complexity index is 879. The lowest BCUT2D eigenvalue weighted by Crippen LogP contribution is -2.25. The van der Waals surface area contributed by atoms with E-state index in [1.54, 1.807) is 24.3 Å². The van der Waals surface area contributed by atoms with E-state index < -0.39 is 0 Å². The Morgan fingerprint density at radius 3 is 2.84 bits per heavy atom. The molecule has 0 radical (unpaired) electrons. The van der Waals surface area contributed by atoms with Crippen molar-refractivity contribution in [1.82, 2.24) is 5.32 Å². The van der Waals surface area contributed by atoms with Crippen molar-refractivity contribution < 1.29 is 14.0 Å². The number of fused-ring (bicyclic) bond motifs is 2. The summed E-state index contributed by atoms with van der Waals surface area (Å²) in [6.07, 6.45) is 1.62. The minimum Gasteiger partial charge on any atom is -0.326 e. The number of benzene rings is 2. The van der Waals surface area contributed by atoms with Gasteiger partial charge in [0.1, 0.15) is 5.82 Å². The quantitative estimate of drug-likeness (QED) is 0.788. The van der Waals surface area contributed by atoms with Crippen LogP contribution in [0.4, 0.5) is 15.8 Å². The van der Waals surface area contributed by atoms with E-state index in [1.165, 1.54) is 0 Å². The first-order valence-corrected chi connectivity index (χ1v) is 8.37. The van der Waals surface area contributed by atoms with Gasteiger partial charge in [-0.3, -0.25) is 9.59 Å². The molecule has 0 aromatic heterocycles. The number of anilines is 2. The van der Waals surface area contributed by atoms with Crippen LogP contribution in [0.2, 0.25) is 0 Å². The highest BCUT2D eigenvalue weighted by Crippen LogP contribution is 2.26. The Kier molecular flexibility index (Phi) is 3.97. The molecule has 2 aliphatic heterocycles. The summed E-state index contributed by atoms with van der Waals surface area (Å²) in [5, 5.41) is 8.66. The minimum absolute atomic E-state index is 0.0182. The summed E-state index contributed by atoms with van der Waals surface area (Å²) in [6, 6.07) is 8.57. The van der Waals surface area contributed by atoms with Crippen LogP contribution in [0.25, 0.3) is 0 Å². The van der Waals surface area contributed by atoms with Gasteiger partial charge in [-0.05, 0) is 60.3 Å². The second-order valence-electron chi connectivity index (χ2n) is 6.37. The van der Waals surface area contributed by atoms with Gasteiger partial charge in [0.05, 0.1) is 5.69 Å². The fourth-order valence-electron chi connectivity index (χ4n) is 3.35. The summed E-state index contributed by atoms with van der Waals surface area (Å²) in [5.41, 5.74) is 3.92. The maximum absolute atomic E-state index is 14.7. The first kappa shape index (κ1) is 15.8. The molecule has 2 aromatic rings. The Balaban J connectivity index is 1.57. The van der Waals surface area contributed by atoms with Crippen LogP contribution < -0.4 is 16.0 Å². The predicted octanol–water partition coefficient (Wildman–Crippen LogP) is 2.61. The molecule has 3 N–H and O–H groups in total. The third-order valence-electron chi connectivity index (χ3n) is 4.72. The van der Waals surface area contributed by atoms with Crippen LogP contribution in [-0.2, 0) is 24.2 Å². The van der Waals surface area contributed by atoms with Crippen LogP contribution in [0.1, 0.15) is 33.5 Å². The van der Waals surface area contributed by atoms with Crippen LogP contribution in [0.15, 0.2) is 30.3 Å². The maximum atomic E-state index is 14.7. The SMILES string of the molecule is O=C1CCc2cc(C(=O)Nc3ccc4c(c3F)CCNC4)ccc2N1. The van der Waals surface area contributed by atoms with Gasteiger partial charge in [0.2, 0.25) is 5.91 Å². The topological polar surface area (TPSA) is 70.2 Å². The highest BCUT2D eigenvalue weighted by Gasteiger charge is 2.20. The lowest BCUT2D eigenvalue weighted by Gasteiger charge is -2.20. The molecule has 0 saturated carbocycles. The van der Waals surface area contributed by atoms with Gasteiger partial charge in [-0.2, -0.15) is 0 Å². The molecule has 4 rings (SSSR count). The monoisotopic (exact) mass is 339 g/mol. The Labute approximate surface area is 144 Å². The van der Waals surface area contributed by atoms with E-state index in [9.17, 15) is 14.0 Å². The van der Waals surface area contributed by atoms with Gasteiger partial charge in [-0.25, -0.2) is 4.39 Å². The van der Waals surface area contributed by atoms with Gasteiger partial charge in [0, 0.05) is 24.2 Å². The Morgan fingerprint density at radius 2 is 1.96 bits per heavy atom. The standard InChI is InChI=1S/C19H18FN3O2/c20-18-14-7-8-21-10-13(14)2-5-16(18)23-19(25)12-1-4-15-11(9-12)3-6-17(24)22-15/h1-2,4-5,9,21H,3,6-8,10H2,(H,22,24)(H,23,25). The number of hydrogen-bond acceptors (Lipinski definition) is 3. The van der Waals surface area contributed by atoms with Gasteiger partial charge < -0.3 is 16.0 Å². The number of carbonyl (C=O) groups excluding carboxylic acids is 2. The number of amides is 2. The lowest BCUT2D eigenvalue weighted by molar-refractivity contribution is -0.116. The average Bonchev–Trinajstić information content (AvgIpc) is 2.63. The molecular formula is C19H18FN3O2. The van der Waals surface area contributed by atoms with E-state index in [0.717, 1.165) is 23.4 Å². The predicted molar refractivity (Wildman–Crippen MR) is 93.2 cm³/mol. The van der Waals surface area contributed by atoms with Gasteiger partial charge in [-0.15, -0.1) is 0 Å². The molecule has 0 aliphatic carbocycles. The molecule has 5 nitrogen and oxygen atoms in total. The molecule has 0 spiro atoms. The van der Waals surface area contributed by atoms with Crippen molar-refractivity contribution >= 4 is 23.2 Å². The summed E-state index contributed by atoms with van der Waals surface area (Å²) in [6.45, 7) is 1.38. The summed E-state index contributed by atoms with van der Waals surface area (Å²) in [5.74, 6) is -0.722. The van der Waals surface area contributed by atoms with E-state index in [1.807, 2.05) is 6.07 Å². The number of halogens is 1. The van der Waals surface area contributed by atoms with Gasteiger partial charge in [0.25, 0.3) is 5.91 Å². The summed E-state index contributed by atoms with van der Waals surface area (Å²) >= 11 is 0. The van der Waals surface area contributed by atoms with E-state index in [0.29, 0.717) is 36.9 Å². The highest BCUT2D eigenvalue weighted by atomic mass is 19.1. The van der Waals surface area contributed by atoms with Crippen molar-refractivity contribution in [2.75, 3.05) is 17.2 Å². The zero-order chi connectivity index (χ0) is 17.4. The maximum Gasteiger partial charge on any atom is 0.255 e. The molecule has 2 heterocycles. The lowest BCUT2D eigenvalue weighted by atomic mass is 9.98. The van der Waals surface area contributed by atoms with Crippen molar-refractivity contribution in [3.05, 3.63) is 58.4 Å². The molecule has 128 valence electrons. The number of hydrogen-bond donors (Lipinski definition) is 3. The number of carbonyl (C=O) groups is 2. The molecule has 0 atom stereocenters. The Hall–Kier alpha value is -2.73. The molecule has 0 fully saturated rings. The number of nitrogens with one attached hydrogen (secondary N) is 3. The van der Waals surface area contributed by atoms with Crippen molar-refractivity contribution in [2.24, 2.45) is 0 Å². The van der Waals surface area contributed by atoms with Crippen LogP contribution in [0.3, 0.4) is 0 Å². The normalized spacial score (nSPS) is 15.8. The molecule has 0 bridgehead atoms. The Morgan fingerprint density at radius 1 is 1.08 bits per heavy atom. The van der Waals surface area contributed by atoms with Crippen LogP contribution >= 0.6 is 0 Å². The fraction of sp³-hybridized carbons (Fsp3) is 0.263. The molecule has 0 unspecified atom stereocenters. The van der Waals surface area contributed by atoms with Crippen molar-refractivity contribution in [3.63, 3.8) is 0 Å². The highest BCUT2D eigenvalue weighted by molar-refractivity contribution is 6.05. The van der Waals surface area contributed by atoms with E-state index in [-0.39, 0.29) is 23.3 Å². The van der Waals surface area contributed by atoms with E-state index in [2.05, 4.69) is 16.0 Å². The van der Waals surface area contributed by atoms with E-state index >= 15 is 0 Å². The zero-order valence-electron chi connectivity index (χ0n) is 13.6. The average molecular weight is 339 g/mol. The third kappa shape index (κ3) is 3.00. The summed E-state index contributed by atoms with van der Waals surface area (Å²) in [7, 11) is 0. The zero-order valence-corrected chi connectivity index (χ0v) is 13.6. The van der Waals surface area contributed by atoms with Gasteiger partial charge in [0.15, 0.2) is 0 Å². The van der Waals surface area contributed by atoms with Crippen LogP contribution in [-0.4, -0.2) is 18.4 Å². The molecular weight excluding hydrogens is 321 g/mol. The third-order valence-corrected chi connectivity index (χ3v) is 4.72. The second kappa shape index (κ2) is 6.29. The van der Waals surface area contributed by atoms with Gasteiger partial charge in [-0.1, -0.05) is 6.07 Å².